The van der Waals surface area contributed by atoms with Crippen LogP contribution < -0.4 is 10.1 Å². The largest absolute Gasteiger partial charge is 0.491 e. The Morgan fingerprint density at radius 3 is 2.66 bits per heavy atom. The van der Waals surface area contributed by atoms with Crippen LogP contribution in [0.2, 0.25) is 0 Å². The van der Waals surface area contributed by atoms with Gasteiger partial charge in [-0.2, -0.15) is 0 Å². The number of nitrogens with zero attached hydrogens (tertiary/aromatic N) is 1. The Balaban J connectivity index is 1.57. The molecule has 1 aromatic carbocycles. The molecule has 29 heavy (non-hydrogen) atoms. The van der Waals surface area contributed by atoms with E-state index in [1.54, 1.807) is 0 Å². The van der Waals surface area contributed by atoms with Crippen molar-refractivity contribution in [3.8, 4) is 5.75 Å². The molecule has 2 fully saturated rings. The van der Waals surface area contributed by atoms with Gasteiger partial charge >= 0.3 is 6.09 Å². The summed E-state index contributed by atoms with van der Waals surface area (Å²) in [6, 6.07) is 7.61. The van der Waals surface area contributed by atoms with Crippen molar-refractivity contribution in [2.75, 3.05) is 31.6 Å². The van der Waals surface area contributed by atoms with E-state index in [0.717, 1.165) is 38.6 Å². The SMILES string of the molecule is CCCCOc1ccccc1NC(=O)O[C@@H]1CCCCC[C@@H]1CN1CCCCC1. The zero-order chi connectivity index (χ0) is 20.3. The topological polar surface area (TPSA) is 50.8 Å². The molecular weight excluding hydrogens is 364 g/mol. The van der Waals surface area contributed by atoms with E-state index in [2.05, 4.69) is 17.1 Å². The third-order valence-corrected chi connectivity index (χ3v) is 6.17. The number of rotatable bonds is 8. The van der Waals surface area contributed by atoms with Gasteiger partial charge in [0.15, 0.2) is 0 Å². The molecule has 0 spiro atoms. The van der Waals surface area contributed by atoms with E-state index in [1.807, 2.05) is 24.3 Å². The number of amides is 1. The van der Waals surface area contributed by atoms with Crippen LogP contribution in [0.15, 0.2) is 24.3 Å². The Morgan fingerprint density at radius 2 is 1.83 bits per heavy atom. The highest BCUT2D eigenvalue weighted by molar-refractivity contribution is 5.86. The Kier molecular flexibility index (Phi) is 9.13. The molecule has 0 aromatic heterocycles. The average molecular weight is 403 g/mol. The number of hydrogen-bond acceptors (Lipinski definition) is 4. The molecule has 0 radical (unpaired) electrons. The van der Waals surface area contributed by atoms with Crippen LogP contribution in [0, 0.1) is 5.92 Å². The zero-order valence-electron chi connectivity index (χ0n) is 18.0. The van der Waals surface area contributed by atoms with Crippen LogP contribution >= 0.6 is 0 Å². The lowest BCUT2D eigenvalue weighted by Crippen LogP contribution is -2.39. The number of carbonyl (C=O) groups is 1. The molecule has 1 amide bonds. The first kappa shape index (κ1) is 21.9. The van der Waals surface area contributed by atoms with Gasteiger partial charge < -0.3 is 14.4 Å². The van der Waals surface area contributed by atoms with Crippen molar-refractivity contribution in [1.82, 2.24) is 4.90 Å². The molecular formula is C24H38N2O3. The second-order valence-electron chi connectivity index (χ2n) is 8.53. The van der Waals surface area contributed by atoms with Crippen molar-refractivity contribution in [3.05, 3.63) is 24.3 Å². The number of unbranched alkanes of at least 4 members (excludes halogenated alkanes) is 1. The van der Waals surface area contributed by atoms with Crippen LogP contribution in [0.25, 0.3) is 0 Å². The maximum atomic E-state index is 12.7. The number of benzene rings is 1. The Labute approximate surface area is 176 Å². The lowest BCUT2D eigenvalue weighted by atomic mass is 9.95. The highest BCUT2D eigenvalue weighted by atomic mass is 16.6. The van der Waals surface area contributed by atoms with Crippen LogP contribution in [0.4, 0.5) is 10.5 Å². The van der Waals surface area contributed by atoms with E-state index in [0.29, 0.717) is 24.0 Å². The first-order valence-corrected chi connectivity index (χ1v) is 11.7. The first-order chi connectivity index (χ1) is 14.3. The summed E-state index contributed by atoms with van der Waals surface area (Å²) in [4.78, 5) is 15.3. The van der Waals surface area contributed by atoms with Gasteiger partial charge in [-0.3, -0.25) is 5.32 Å². The van der Waals surface area contributed by atoms with E-state index < -0.39 is 0 Å². The highest BCUT2D eigenvalue weighted by Crippen LogP contribution is 2.29. The molecule has 162 valence electrons. The molecule has 2 atom stereocenters. The molecule has 5 nitrogen and oxygen atoms in total. The van der Waals surface area contributed by atoms with Gasteiger partial charge in [0, 0.05) is 12.5 Å². The number of para-hydroxylation sites is 2. The second-order valence-corrected chi connectivity index (χ2v) is 8.53. The molecule has 0 bridgehead atoms. The van der Waals surface area contributed by atoms with Crippen molar-refractivity contribution in [2.24, 2.45) is 5.92 Å². The Hall–Kier alpha value is -1.75. The number of piperidine rings is 1. The van der Waals surface area contributed by atoms with Crippen LogP contribution in [-0.2, 0) is 4.74 Å². The predicted octanol–water partition coefficient (Wildman–Crippen LogP) is 5.85. The average Bonchev–Trinajstić information content (AvgIpc) is 2.95. The summed E-state index contributed by atoms with van der Waals surface area (Å²) < 4.78 is 11.8. The highest BCUT2D eigenvalue weighted by Gasteiger charge is 2.29. The molecule has 1 saturated carbocycles. The smallest absolute Gasteiger partial charge is 0.412 e. The molecule has 3 rings (SSSR count). The number of likely N-dealkylation sites (tertiary alicyclic amines) is 1. The van der Waals surface area contributed by atoms with Crippen LogP contribution in [0.3, 0.4) is 0 Å². The standard InChI is InChI=1S/C24H38N2O3/c1-2-3-18-28-23-15-9-8-13-21(23)25-24(27)29-22-14-7-4-6-12-20(22)19-26-16-10-5-11-17-26/h8-9,13,15,20,22H,2-7,10-12,14,16-19H2,1H3,(H,25,27)/t20-,22-/m1/s1. The van der Waals surface area contributed by atoms with Crippen molar-refractivity contribution >= 4 is 11.8 Å². The molecule has 1 aliphatic heterocycles. The molecule has 1 aromatic rings. The third-order valence-electron chi connectivity index (χ3n) is 6.17. The molecule has 1 saturated heterocycles. The minimum Gasteiger partial charge on any atom is -0.491 e. The van der Waals surface area contributed by atoms with Crippen LogP contribution in [0.1, 0.15) is 71.1 Å². The fourth-order valence-corrected chi connectivity index (χ4v) is 4.49. The summed E-state index contributed by atoms with van der Waals surface area (Å²) in [5.41, 5.74) is 0.690. The van der Waals surface area contributed by atoms with Gasteiger partial charge in [0.05, 0.1) is 12.3 Å². The van der Waals surface area contributed by atoms with Gasteiger partial charge in [-0.15, -0.1) is 0 Å². The van der Waals surface area contributed by atoms with Crippen LogP contribution in [0.5, 0.6) is 5.75 Å². The molecule has 5 heteroatoms. The predicted molar refractivity (Wildman–Crippen MR) is 118 cm³/mol. The van der Waals surface area contributed by atoms with E-state index in [1.165, 1.54) is 45.2 Å². The summed E-state index contributed by atoms with van der Waals surface area (Å²) in [5, 5.41) is 2.93. The Morgan fingerprint density at radius 1 is 1.07 bits per heavy atom. The van der Waals surface area contributed by atoms with E-state index in [9.17, 15) is 4.79 Å². The van der Waals surface area contributed by atoms with E-state index in [4.69, 9.17) is 9.47 Å². The van der Waals surface area contributed by atoms with Crippen molar-refractivity contribution < 1.29 is 14.3 Å². The Bertz CT molecular complexity index is 616. The minimum absolute atomic E-state index is 0.00704. The number of ether oxygens (including phenoxy) is 2. The molecule has 2 aliphatic rings. The summed E-state index contributed by atoms with van der Waals surface area (Å²) in [5.74, 6) is 1.15. The van der Waals surface area contributed by atoms with Gasteiger partial charge in [-0.05, 0) is 63.7 Å². The van der Waals surface area contributed by atoms with Gasteiger partial charge in [0.25, 0.3) is 0 Å². The van der Waals surface area contributed by atoms with Gasteiger partial charge in [0.2, 0.25) is 0 Å². The van der Waals surface area contributed by atoms with Gasteiger partial charge in [0.1, 0.15) is 11.9 Å². The van der Waals surface area contributed by atoms with Gasteiger partial charge in [-0.1, -0.05) is 44.7 Å². The summed E-state index contributed by atoms with van der Waals surface area (Å²) >= 11 is 0. The number of nitrogens with one attached hydrogen (secondary N) is 1. The van der Waals surface area contributed by atoms with Crippen LogP contribution in [-0.4, -0.2) is 43.3 Å². The molecule has 1 aliphatic carbocycles. The van der Waals surface area contributed by atoms with E-state index >= 15 is 0 Å². The fraction of sp³-hybridized carbons (Fsp3) is 0.708. The van der Waals surface area contributed by atoms with Crippen molar-refractivity contribution in [3.63, 3.8) is 0 Å². The minimum atomic E-state index is -0.355. The lowest BCUT2D eigenvalue weighted by molar-refractivity contribution is 0.0471. The third kappa shape index (κ3) is 7.22. The quantitative estimate of drug-likeness (QED) is 0.438. The first-order valence-electron chi connectivity index (χ1n) is 11.7. The number of hydrogen-bond donors (Lipinski definition) is 1. The van der Waals surface area contributed by atoms with Gasteiger partial charge in [-0.25, -0.2) is 4.79 Å². The summed E-state index contributed by atoms with van der Waals surface area (Å²) in [6.45, 7) is 6.24. The van der Waals surface area contributed by atoms with E-state index in [-0.39, 0.29) is 12.2 Å². The summed E-state index contributed by atoms with van der Waals surface area (Å²) in [6.07, 6.45) is 11.4. The maximum Gasteiger partial charge on any atom is 0.412 e. The molecule has 1 heterocycles. The zero-order valence-corrected chi connectivity index (χ0v) is 18.0. The fourth-order valence-electron chi connectivity index (χ4n) is 4.49. The molecule has 0 unspecified atom stereocenters. The summed E-state index contributed by atoms with van der Waals surface area (Å²) in [7, 11) is 0. The number of anilines is 1. The normalized spacial score (nSPS) is 23.2. The van der Waals surface area contributed by atoms with Crippen molar-refractivity contribution in [1.29, 1.82) is 0 Å². The molecule has 1 N–H and O–H groups in total. The second kappa shape index (κ2) is 12.1. The lowest BCUT2D eigenvalue weighted by Gasteiger charge is -2.33. The van der Waals surface area contributed by atoms with Crippen molar-refractivity contribution in [2.45, 2.75) is 77.2 Å². The monoisotopic (exact) mass is 402 g/mol. The maximum absolute atomic E-state index is 12.7. The number of carbonyl (C=O) groups excluding carboxylic acids is 1.